The molecule has 15 nitrogen and oxygen atoms in total. The van der Waals surface area contributed by atoms with Gasteiger partial charge in [-0.25, -0.2) is 4.79 Å². The smallest absolute Gasteiger partial charge is 0.415 e. The highest BCUT2D eigenvalue weighted by Gasteiger charge is 2.61. The average molecular weight is 692 g/mol. The third kappa shape index (κ3) is 6.86. The zero-order valence-electron chi connectivity index (χ0n) is 28.7. The molecule has 1 aliphatic carbocycles. The molecule has 15 heteroatoms. The van der Waals surface area contributed by atoms with Gasteiger partial charge in [0.25, 0.3) is 5.91 Å². The number of guanidine groups is 1. The molecular formula is C35H45N7O8. The molecule has 1 unspecified atom stereocenters. The molecule has 3 aliphatic heterocycles. The minimum absolute atomic E-state index is 0.0647. The van der Waals surface area contributed by atoms with E-state index in [0.29, 0.717) is 48.2 Å². The van der Waals surface area contributed by atoms with Gasteiger partial charge in [-0.15, -0.1) is 0 Å². The van der Waals surface area contributed by atoms with E-state index in [2.05, 4.69) is 27.6 Å². The molecule has 50 heavy (non-hydrogen) atoms. The zero-order chi connectivity index (χ0) is 35.6. The van der Waals surface area contributed by atoms with Gasteiger partial charge in [0, 0.05) is 56.8 Å². The number of aliphatic imine (C=N–C) groups is 1. The maximum absolute atomic E-state index is 13.3. The molecule has 6 N–H and O–H groups in total. The van der Waals surface area contributed by atoms with Crippen LogP contribution in [0.25, 0.3) is 0 Å². The quantitative estimate of drug-likeness (QED) is 0.127. The Morgan fingerprint density at radius 1 is 1.16 bits per heavy atom. The summed E-state index contributed by atoms with van der Waals surface area (Å²) in [5, 5.41) is 5.58. The number of nitrogens with zero attached hydrogens (tertiary/aromatic N) is 3. The maximum Gasteiger partial charge on any atom is 0.415 e. The molecule has 0 radical (unpaired) electrons. The molecule has 2 aromatic rings. The van der Waals surface area contributed by atoms with Crippen LogP contribution in [0.4, 0.5) is 4.79 Å². The summed E-state index contributed by atoms with van der Waals surface area (Å²) in [5.41, 5.74) is 12.8. The van der Waals surface area contributed by atoms with Crippen LogP contribution in [0, 0.1) is 0 Å². The highest BCUT2D eigenvalue weighted by molar-refractivity contribution is 5.98. The minimum Gasteiger partial charge on any atom is -0.477 e. The first-order valence-corrected chi connectivity index (χ1v) is 17.0. The van der Waals surface area contributed by atoms with Crippen molar-refractivity contribution in [3.63, 3.8) is 0 Å². The van der Waals surface area contributed by atoms with Gasteiger partial charge in [0.1, 0.15) is 6.04 Å². The van der Waals surface area contributed by atoms with Gasteiger partial charge < -0.3 is 50.8 Å². The number of fused-ring (bicyclic) bond motifs is 2. The number of nitrogens with two attached hydrogens (primary N) is 2. The monoisotopic (exact) mass is 691 g/mol. The van der Waals surface area contributed by atoms with E-state index < -0.39 is 35.5 Å². The number of carbonyl (C=O) groups excluding carboxylic acids is 4. The maximum atomic E-state index is 13.3. The summed E-state index contributed by atoms with van der Waals surface area (Å²) in [6, 6.07) is 7.92. The van der Waals surface area contributed by atoms with Gasteiger partial charge in [-0.3, -0.25) is 19.4 Å². The Bertz CT molecular complexity index is 1690. The molecule has 1 spiro atoms. The number of ketones is 1. The highest BCUT2D eigenvalue weighted by Crippen LogP contribution is 2.58. The van der Waals surface area contributed by atoms with E-state index in [-0.39, 0.29) is 50.3 Å². The number of hydrogen-bond acceptors (Lipinski definition) is 10. The van der Waals surface area contributed by atoms with Crippen molar-refractivity contribution in [1.29, 1.82) is 0 Å². The normalized spacial score (nSPS) is 21.4. The molecule has 3 heterocycles. The van der Waals surface area contributed by atoms with Crippen LogP contribution in [0.2, 0.25) is 0 Å². The number of likely N-dealkylation sites (tertiary alicyclic amines) is 1. The molecule has 268 valence electrons. The number of likely N-dealkylation sites (N-methyl/N-ethyl adjacent to an activating group) is 2. The Morgan fingerprint density at radius 2 is 1.96 bits per heavy atom. The fourth-order valence-electron chi connectivity index (χ4n) is 7.48. The average Bonchev–Trinajstić information content (AvgIpc) is 3.77. The van der Waals surface area contributed by atoms with Gasteiger partial charge in [0.15, 0.2) is 40.8 Å². The van der Waals surface area contributed by atoms with E-state index in [0.717, 1.165) is 30.4 Å². The Balaban J connectivity index is 1.07. The number of Topliss-reactive ketones (excluding diaryl/α,β-unsaturated/α-hetero) is 1. The van der Waals surface area contributed by atoms with Crippen molar-refractivity contribution in [2.75, 3.05) is 47.1 Å². The lowest BCUT2D eigenvalue weighted by atomic mass is 9.68. The van der Waals surface area contributed by atoms with Crippen molar-refractivity contribution in [3.05, 3.63) is 47.0 Å². The number of benzene rings is 2. The largest absolute Gasteiger partial charge is 0.477 e. The summed E-state index contributed by atoms with van der Waals surface area (Å²) in [5.74, 6) is 0.831. The lowest BCUT2D eigenvalue weighted by Gasteiger charge is -2.32. The first kappa shape index (κ1) is 34.8. The first-order chi connectivity index (χ1) is 24.0. The summed E-state index contributed by atoms with van der Waals surface area (Å²) >= 11 is 0. The van der Waals surface area contributed by atoms with E-state index in [9.17, 15) is 19.2 Å². The number of rotatable bonds is 14. The van der Waals surface area contributed by atoms with Crippen molar-refractivity contribution in [2.45, 2.75) is 69.1 Å². The molecule has 1 saturated heterocycles. The lowest BCUT2D eigenvalue weighted by molar-refractivity contribution is -0.127. The van der Waals surface area contributed by atoms with E-state index in [1.54, 1.807) is 31.3 Å². The van der Waals surface area contributed by atoms with E-state index in [4.69, 9.17) is 30.4 Å². The van der Waals surface area contributed by atoms with Crippen LogP contribution < -0.4 is 41.0 Å². The highest BCUT2D eigenvalue weighted by atomic mass is 16.7. The first-order valence-electron chi connectivity index (χ1n) is 17.0. The van der Waals surface area contributed by atoms with Crippen molar-refractivity contribution in [3.8, 4) is 23.0 Å². The summed E-state index contributed by atoms with van der Waals surface area (Å²) in [6.07, 6.45) is 2.26. The SMILES string of the molecule is CCCC(=O)C1Oc2c(OC(=O)N(C)CCNC(=O)[C@H](CCCN=C(N)N)NC(=O)c3ccc4c(c3)OCO4)ccc3c2[C@]12C[C@@H](C3)N(C)C2. The third-order valence-corrected chi connectivity index (χ3v) is 9.90. The second kappa shape index (κ2) is 14.4. The summed E-state index contributed by atoms with van der Waals surface area (Å²) < 4.78 is 22.9. The van der Waals surface area contributed by atoms with Crippen molar-refractivity contribution < 1.29 is 38.1 Å². The molecule has 0 saturated carbocycles. The minimum atomic E-state index is -0.902. The fraction of sp³-hybridized carbons (Fsp3) is 0.514. The molecule has 6 rings (SSSR count). The fourth-order valence-corrected chi connectivity index (χ4v) is 7.48. The summed E-state index contributed by atoms with van der Waals surface area (Å²) in [6.45, 7) is 3.25. The second-order valence-corrected chi connectivity index (χ2v) is 13.4. The Labute approximate surface area is 290 Å². The molecule has 4 atom stereocenters. The van der Waals surface area contributed by atoms with Crippen LogP contribution in [-0.4, -0.2) is 105 Å². The van der Waals surface area contributed by atoms with Crippen LogP contribution in [0.3, 0.4) is 0 Å². The predicted molar refractivity (Wildman–Crippen MR) is 183 cm³/mol. The van der Waals surface area contributed by atoms with Gasteiger partial charge in [0.2, 0.25) is 12.7 Å². The molecular weight excluding hydrogens is 646 g/mol. The van der Waals surface area contributed by atoms with Crippen molar-refractivity contribution >= 4 is 29.7 Å². The molecule has 3 amide bonds. The van der Waals surface area contributed by atoms with E-state index in [1.807, 2.05) is 13.0 Å². The van der Waals surface area contributed by atoms with E-state index >= 15 is 0 Å². The van der Waals surface area contributed by atoms with Crippen molar-refractivity contribution in [2.24, 2.45) is 16.5 Å². The number of ether oxygens (including phenoxy) is 4. The molecule has 1 fully saturated rings. The van der Waals surface area contributed by atoms with Gasteiger partial charge in [-0.1, -0.05) is 13.0 Å². The van der Waals surface area contributed by atoms with Gasteiger partial charge in [-0.05, 0) is 69.0 Å². The molecule has 2 bridgehead atoms. The van der Waals surface area contributed by atoms with E-state index in [1.165, 1.54) is 4.90 Å². The van der Waals surface area contributed by atoms with Crippen LogP contribution in [-0.2, 0) is 21.4 Å². The Morgan fingerprint density at radius 3 is 2.74 bits per heavy atom. The van der Waals surface area contributed by atoms with Crippen LogP contribution >= 0.6 is 0 Å². The van der Waals surface area contributed by atoms with Crippen molar-refractivity contribution in [1.82, 2.24) is 20.4 Å². The van der Waals surface area contributed by atoms with Crippen LogP contribution in [0.1, 0.15) is 60.5 Å². The van der Waals surface area contributed by atoms with Crippen LogP contribution in [0.5, 0.6) is 23.0 Å². The number of carbonyl (C=O) groups is 4. The molecule has 4 aliphatic rings. The lowest BCUT2D eigenvalue weighted by Crippen LogP contribution is -2.48. The Hall–Kier alpha value is -5.05. The van der Waals surface area contributed by atoms with Gasteiger partial charge in [-0.2, -0.15) is 0 Å². The summed E-state index contributed by atoms with van der Waals surface area (Å²) in [4.78, 5) is 60.5. The molecule has 0 aromatic heterocycles. The number of nitrogens with one attached hydrogen (secondary N) is 2. The second-order valence-electron chi connectivity index (χ2n) is 13.4. The summed E-state index contributed by atoms with van der Waals surface area (Å²) in [7, 11) is 3.65. The van der Waals surface area contributed by atoms with Gasteiger partial charge >= 0.3 is 6.09 Å². The third-order valence-electron chi connectivity index (χ3n) is 9.90. The Kier molecular flexibility index (Phi) is 10.0. The molecule has 2 aromatic carbocycles. The van der Waals surface area contributed by atoms with Crippen LogP contribution in [0.15, 0.2) is 35.3 Å². The predicted octanol–water partition coefficient (Wildman–Crippen LogP) is 1.44. The van der Waals surface area contributed by atoms with Gasteiger partial charge in [0.05, 0.1) is 5.41 Å². The number of amides is 3. The zero-order valence-corrected chi connectivity index (χ0v) is 28.7. The standard InChI is InChI=1S/C35H45N7O8/c1-4-6-24(43)30-35-17-22(42(3)18-35)15-20-8-11-26(29(50-30)28(20)35)49-34(46)41(2)14-13-38-32(45)23(7-5-12-39-33(36)37)40-31(44)21-9-10-25-27(16-21)48-19-47-25/h8-11,16,22-23,30H,4-7,12-15,17-19H2,1-3H3,(H,38,45)(H,40,44)(H4,36,37,39)/t22-,23+,30?,35-/m1/s1. The number of hydrogen-bond donors (Lipinski definition) is 4. The topological polar surface area (TPSA) is 200 Å².